The number of benzene rings is 10. The summed E-state index contributed by atoms with van der Waals surface area (Å²) in [5.74, 6) is 0. The molecule has 0 amide bonds. The van der Waals surface area contributed by atoms with E-state index in [1.165, 1.54) is 0 Å². The molecule has 0 saturated carbocycles. The number of furan rings is 2. The van der Waals surface area contributed by atoms with Crippen molar-refractivity contribution in [1.82, 2.24) is 9.13 Å². The molecule has 0 unspecified atom stereocenters. The van der Waals surface area contributed by atoms with E-state index >= 15 is 0 Å². The van der Waals surface area contributed by atoms with Crippen LogP contribution in [0.25, 0.3) is 132 Å². The number of hydrogen-bond donors (Lipinski definition) is 0. The molecule has 4 heterocycles. The normalized spacial score (nSPS) is 11.8. The van der Waals surface area contributed by atoms with Crippen LogP contribution in [-0.2, 0) is 0 Å². The second kappa shape index (κ2) is 14.4. The first kappa shape index (κ1) is 37.7. The maximum absolute atomic E-state index is 11.5. The summed E-state index contributed by atoms with van der Waals surface area (Å²) < 4.78 is 17.7. The van der Waals surface area contributed by atoms with E-state index in [-0.39, 0.29) is 0 Å². The summed E-state index contributed by atoms with van der Waals surface area (Å²) in [4.78, 5) is 0. The maximum atomic E-state index is 11.5. The average molecular weight is 867 g/mol. The number of fused-ring (bicyclic) bond motifs is 14. The first-order chi connectivity index (χ1) is 33.7. The zero-order valence-electron chi connectivity index (χ0n) is 36.2. The van der Waals surface area contributed by atoms with Crippen LogP contribution in [0.2, 0.25) is 0 Å². The van der Waals surface area contributed by atoms with Gasteiger partial charge in [-0.15, -0.1) is 0 Å². The molecule has 6 nitrogen and oxygen atoms in total. The Morgan fingerprint density at radius 1 is 0.324 bits per heavy atom. The summed E-state index contributed by atoms with van der Waals surface area (Å²) in [6.45, 7) is 0. The standard InChI is InChI=1S/C62H34N4O2/c63-35-42-32-43(36-64)60(66-51-29-25-41(38-16-6-2-7-17-38)34-49(51)45-27-31-55-58(62(45)66)47-21-11-13-23-53(47)68-55)56(39-18-8-3-9-19-39)59(42)65-50-28-24-40(37-14-4-1-5-15-37)33-48(50)44-26-30-54-57(61(44)65)46-20-10-12-22-52(46)67-54/h1-34H. The predicted octanol–water partition coefficient (Wildman–Crippen LogP) is 16.4. The van der Waals surface area contributed by atoms with Gasteiger partial charge in [0, 0.05) is 37.9 Å². The molecule has 0 fully saturated rings. The summed E-state index contributed by atoms with van der Waals surface area (Å²) in [6.07, 6.45) is 0. The fourth-order valence-corrected chi connectivity index (χ4v) is 10.9. The first-order valence-electron chi connectivity index (χ1n) is 22.6. The molecule has 0 aliphatic rings. The fraction of sp³-hybridized carbons (Fsp3) is 0. The monoisotopic (exact) mass is 866 g/mol. The Balaban J connectivity index is 1.22. The molecule has 4 aromatic heterocycles. The van der Waals surface area contributed by atoms with Gasteiger partial charge in [0.1, 0.15) is 34.5 Å². The van der Waals surface area contributed by atoms with Gasteiger partial charge in [0.2, 0.25) is 0 Å². The Kier molecular flexibility index (Phi) is 8.01. The van der Waals surface area contributed by atoms with Gasteiger partial charge in [-0.3, -0.25) is 0 Å². The number of rotatable bonds is 5. The molecule has 68 heavy (non-hydrogen) atoms. The van der Waals surface area contributed by atoms with Crippen molar-refractivity contribution in [1.29, 1.82) is 10.5 Å². The molecule has 14 aromatic rings. The van der Waals surface area contributed by atoms with Gasteiger partial charge in [0.15, 0.2) is 0 Å². The van der Waals surface area contributed by atoms with Crippen LogP contribution >= 0.6 is 0 Å². The van der Waals surface area contributed by atoms with Gasteiger partial charge in [-0.25, -0.2) is 0 Å². The van der Waals surface area contributed by atoms with Crippen molar-refractivity contribution in [2.45, 2.75) is 0 Å². The second-order valence-corrected chi connectivity index (χ2v) is 17.4. The summed E-state index contributed by atoms with van der Waals surface area (Å²) >= 11 is 0. The third-order valence-electron chi connectivity index (χ3n) is 13.8. The Hall–Kier alpha value is -9.62. The molecule has 10 aromatic carbocycles. The Bertz CT molecular complexity index is 4230. The summed E-state index contributed by atoms with van der Waals surface area (Å²) in [6, 6.07) is 75.9. The highest BCUT2D eigenvalue weighted by Gasteiger charge is 2.30. The summed E-state index contributed by atoms with van der Waals surface area (Å²) in [5.41, 5.74) is 14.7. The van der Waals surface area contributed by atoms with Crippen molar-refractivity contribution in [3.63, 3.8) is 0 Å². The van der Waals surface area contributed by atoms with Crippen LogP contribution in [0.1, 0.15) is 11.1 Å². The van der Waals surface area contributed by atoms with Crippen molar-refractivity contribution in [2.24, 2.45) is 0 Å². The number of aromatic nitrogens is 2. The van der Waals surface area contributed by atoms with Crippen LogP contribution < -0.4 is 0 Å². The number of nitrogens with zero attached hydrogens (tertiary/aromatic N) is 4. The van der Waals surface area contributed by atoms with Gasteiger partial charge in [-0.1, -0.05) is 140 Å². The molecule has 0 bridgehead atoms. The Labute approximate surface area is 388 Å². The molecule has 0 atom stereocenters. The fourth-order valence-electron chi connectivity index (χ4n) is 10.9. The van der Waals surface area contributed by atoms with Crippen molar-refractivity contribution < 1.29 is 8.83 Å². The van der Waals surface area contributed by atoms with Gasteiger partial charge in [0.25, 0.3) is 0 Å². The lowest BCUT2D eigenvalue weighted by Crippen LogP contribution is -2.09. The number of nitriles is 2. The largest absolute Gasteiger partial charge is 0.456 e. The minimum atomic E-state index is 0.367. The third-order valence-corrected chi connectivity index (χ3v) is 13.8. The number of para-hydroxylation sites is 2. The highest BCUT2D eigenvalue weighted by molar-refractivity contribution is 6.27. The van der Waals surface area contributed by atoms with Crippen LogP contribution in [0.5, 0.6) is 0 Å². The van der Waals surface area contributed by atoms with E-state index in [1.54, 1.807) is 6.07 Å². The lowest BCUT2D eigenvalue weighted by Gasteiger charge is -2.23. The molecule has 0 N–H and O–H groups in total. The first-order valence-corrected chi connectivity index (χ1v) is 22.6. The molecule has 6 heteroatoms. The smallest absolute Gasteiger partial charge is 0.137 e. The Morgan fingerprint density at radius 2 is 0.735 bits per heavy atom. The average Bonchev–Trinajstić information content (AvgIpc) is 4.16. The lowest BCUT2D eigenvalue weighted by molar-refractivity contribution is 0.669. The molecular formula is C62H34N4O2. The van der Waals surface area contributed by atoms with E-state index in [2.05, 4.69) is 155 Å². The molecule has 314 valence electrons. The predicted molar refractivity (Wildman–Crippen MR) is 275 cm³/mol. The zero-order chi connectivity index (χ0) is 45.0. The van der Waals surface area contributed by atoms with Gasteiger partial charge < -0.3 is 18.0 Å². The minimum absolute atomic E-state index is 0.367. The lowest BCUT2D eigenvalue weighted by atomic mass is 9.93. The van der Waals surface area contributed by atoms with E-state index in [9.17, 15) is 10.5 Å². The van der Waals surface area contributed by atoms with Crippen molar-refractivity contribution >= 4 is 87.5 Å². The van der Waals surface area contributed by atoms with E-state index in [1.807, 2.05) is 66.7 Å². The van der Waals surface area contributed by atoms with Crippen molar-refractivity contribution in [2.75, 3.05) is 0 Å². The van der Waals surface area contributed by atoms with Crippen LogP contribution in [0.15, 0.2) is 215 Å². The molecular weight excluding hydrogens is 833 g/mol. The third kappa shape index (κ3) is 5.31. The van der Waals surface area contributed by atoms with Crippen LogP contribution in [0, 0.1) is 22.7 Å². The van der Waals surface area contributed by atoms with Crippen molar-refractivity contribution in [3.05, 3.63) is 217 Å². The quantitative estimate of drug-likeness (QED) is 0.172. The summed E-state index contributed by atoms with van der Waals surface area (Å²) in [7, 11) is 0. The topological polar surface area (TPSA) is 83.7 Å². The van der Waals surface area contributed by atoms with E-state index in [0.717, 1.165) is 121 Å². The molecule has 0 aliphatic carbocycles. The maximum Gasteiger partial charge on any atom is 0.137 e. The van der Waals surface area contributed by atoms with Crippen molar-refractivity contribution in [3.8, 4) is 56.9 Å². The molecule has 0 saturated heterocycles. The van der Waals surface area contributed by atoms with Gasteiger partial charge in [0.05, 0.1) is 55.3 Å². The van der Waals surface area contributed by atoms with Gasteiger partial charge in [-0.05, 0) is 94.5 Å². The van der Waals surface area contributed by atoms with Crippen LogP contribution in [0.4, 0.5) is 0 Å². The molecule has 0 spiro atoms. The Morgan fingerprint density at radius 3 is 1.18 bits per heavy atom. The highest BCUT2D eigenvalue weighted by atomic mass is 16.3. The molecule has 0 aliphatic heterocycles. The van der Waals surface area contributed by atoms with Gasteiger partial charge in [-0.2, -0.15) is 10.5 Å². The second-order valence-electron chi connectivity index (χ2n) is 17.4. The molecule has 0 radical (unpaired) electrons. The van der Waals surface area contributed by atoms with E-state index in [4.69, 9.17) is 8.83 Å². The van der Waals surface area contributed by atoms with Crippen LogP contribution in [-0.4, -0.2) is 9.13 Å². The summed E-state index contributed by atoms with van der Waals surface area (Å²) in [5, 5.41) is 31.0. The number of hydrogen-bond acceptors (Lipinski definition) is 4. The zero-order valence-corrected chi connectivity index (χ0v) is 36.2. The van der Waals surface area contributed by atoms with E-state index < -0.39 is 0 Å². The van der Waals surface area contributed by atoms with E-state index in [0.29, 0.717) is 22.5 Å². The van der Waals surface area contributed by atoms with Crippen LogP contribution in [0.3, 0.4) is 0 Å². The molecule has 14 rings (SSSR count). The minimum Gasteiger partial charge on any atom is -0.456 e. The highest BCUT2D eigenvalue weighted by Crippen LogP contribution is 2.49. The SMILES string of the molecule is N#Cc1cc(C#N)c(-n2c3ccc(-c4ccccc4)cc3c3ccc4oc5ccccc5c4c32)c(-c2ccccc2)c1-n1c2ccc(-c3ccccc3)cc2c2ccc3oc4ccccc4c3c21. The van der Waals surface area contributed by atoms with Gasteiger partial charge >= 0.3 is 0 Å².